The van der Waals surface area contributed by atoms with Crippen molar-refractivity contribution in [2.45, 2.75) is 32.3 Å². The van der Waals surface area contributed by atoms with Crippen LogP contribution < -0.4 is 5.32 Å². The number of halogens is 2. The Kier molecular flexibility index (Phi) is 8.35. The monoisotopic (exact) mass is 373 g/mol. The van der Waals surface area contributed by atoms with Crippen molar-refractivity contribution in [1.29, 1.82) is 0 Å². The second-order valence-electron chi connectivity index (χ2n) is 5.61. The van der Waals surface area contributed by atoms with Gasteiger partial charge in [-0.15, -0.1) is 0 Å². The van der Waals surface area contributed by atoms with Gasteiger partial charge < -0.3 is 14.9 Å². The zero-order valence-electron chi connectivity index (χ0n) is 13.9. The van der Waals surface area contributed by atoms with Crippen LogP contribution >= 0.6 is 7.60 Å². The molecule has 2 rings (SSSR count). The summed E-state index contributed by atoms with van der Waals surface area (Å²) in [5.41, 5.74) is 0.527. The predicted octanol–water partition coefficient (Wildman–Crippen LogP) is 3.32. The largest absolute Gasteiger partial charge is 0.394 e. The zero-order valence-corrected chi connectivity index (χ0v) is 14.8. The first-order chi connectivity index (χ1) is 11.6. The first-order valence-corrected chi connectivity index (χ1v) is 9.25. The molecule has 25 heavy (non-hydrogen) atoms. The highest BCUT2D eigenvalue weighted by Crippen LogP contribution is 2.50. The van der Waals surface area contributed by atoms with Crippen molar-refractivity contribution >= 4 is 7.60 Å². The summed E-state index contributed by atoms with van der Waals surface area (Å²) >= 11 is 0. The molecule has 0 bridgehead atoms. The Morgan fingerprint density at radius 1 is 1.04 bits per heavy atom. The third-order valence-corrected chi connectivity index (χ3v) is 4.12. The number of aliphatic hydroxyl groups is 1. The molecule has 0 fully saturated rings. The van der Waals surface area contributed by atoms with E-state index in [4.69, 9.17) is 5.11 Å². The van der Waals surface area contributed by atoms with Crippen molar-refractivity contribution in [3.05, 3.63) is 71.3 Å². The fraction of sp³-hybridized carbons (Fsp3) is 0.294. The molecule has 0 spiro atoms. The Balaban J connectivity index is 0.000000705. The van der Waals surface area contributed by atoms with E-state index in [0.717, 1.165) is 12.1 Å². The minimum absolute atomic E-state index is 0.0557. The smallest absolute Gasteiger partial charge is 0.346 e. The van der Waals surface area contributed by atoms with Gasteiger partial charge in [-0.25, -0.2) is 8.78 Å². The minimum atomic E-state index is -4.52. The highest BCUT2D eigenvalue weighted by atomic mass is 31.2. The number of rotatable bonds is 5. The second kappa shape index (κ2) is 9.75. The van der Waals surface area contributed by atoms with Crippen LogP contribution in [-0.2, 0) is 11.1 Å². The van der Waals surface area contributed by atoms with Crippen LogP contribution in [0.15, 0.2) is 48.5 Å². The van der Waals surface area contributed by atoms with Crippen LogP contribution in [0.1, 0.15) is 30.8 Å². The molecule has 0 amide bonds. The van der Waals surface area contributed by atoms with Gasteiger partial charge in [0.25, 0.3) is 0 Å². The van der Waals surface area contributed by atoms with Crippen LogP contribution in [0, 0.1) is 11.6 Å². The van der Waals surface area contributed by atoms with Crippen molar-refractivity contribution < 1.29 is 28.2 Å². The van der Waals surface area contributed by atoms with Crippen LogP contribution in [0.4, 0.5) is 8.78 Å². The Bertz CT molecular complexity index is 701. The molecule has 2 aromatic carbocycles. The molecule has 0 saturated carbocycles. The molecule has 5 nitrogen and oxygen atoms in total. The third-order valence-electron chi connectivity index (χ3n) is 2.97. The van der Waals surface area contributed by atoms with Crippen molar-refractivity contribution in [2.24, 2.45) is 0 Å². The molecule has 0 heterocycles. The molecule has 0 aliphatic carbocycles. The van der Waals surface area contributed by atoms with Crippen LogP contribution in [0.2, 0.25) is 0 Å². The Morgan fingerprint density at radius 2 is 1.56 bits per heavy atom. The van der Waals surface area contributed by atoms with Crippen molar-refractivity contribution in [1.82, 2.24) is 5.32 Å². The molecular weight excluding hydrogens is 351 g/mol. The van der Waals surface area contributed by atoms with E-state index in [9.17, 15) is 23.1 Å². The molecule has 0 radical (unpaired) electrons. The van der Waals surface area contributed by atoms with Gasteiger partial charge in [0.05, 0.1) is 0 Å². The van der Waals surface area contributed by atoms with Gasteiger partial charge in [-0.05, 0) is 37.6 Å². The van der Waals surface area contributed by atoms with Gasteiger partial charge in [-0.3, -0.25) is 9.88 Å². The van der Waals surface area contributed by atoms with Gasteiger partial charge in [0.15, 0.2) is 0 Å². The quantitative estimate of drug-likeness (QED) is 0.604. The van der Waals surface area contributed by atoms with Gasteiger partial charge >= 0.3 is 7.60 Å². The van der Waals surface area contributed by atoms with Crippen LogP contribution in [-0.4, -0.2) is 21.0 Å². The summed E-state index contributed by atoms with van der Waals surface area (Å²) in [5, 5.41) is 10.7. The molecule has 138 valence electrons. The number of nitrogens with one attached hydrogen (secondary N) is 1. The van der Waals surface area contributed by atoms with Crippen LogP contribution in [0.5, 0.6) is 0 Å². The minimum Gasteiger partial charge on any atom is -0.394 e. The highest BCUT2D eigenvalue weighted by molar-refractivity contribution is 7.52. The van der Waals surface area contributed by atoms with Gasteiger partial charge in [0, 0.05) is 18.2 Å². The van der Waals surface area contributed by atoms with E-state index < -0.39 is 25.0 Å². The maximum Gasteiger partial charge on any atom is 0.346 e. The van der Waals surface area contributed by atoms with E-state index in [1.165, 1.54) is 30.3 Å². The third kappa shape index (κ3) is 7.86. The topological polar surface area (TPSA) is 89.8 Å². The molecule has 1 unspecified atom stereocenters. The van der Waals surface area contributed by atoms with E-state index in [1.54, 1.807) is 19.9 Å². The lowest BCUT2D eigenvalue weighted by molar-refractivity contribution is 0.216. The Hall–Kier alpha value is -1.63. The molecule has 0 aliphatic rings. The zero-order chi connectivity index (χ0) is 19.0. The van der Waals surface area contributed by atoms with E-state index in [1.807, 2.05) is 0 Å². The van der Waals surface area contributed by atoms with E-state index in [0.29, 0.717) is 0 Å². The molecule has 1 atom stereocenters. The lowest BCUT2D eigenvalue weighted by Crippen LogP contribution is -2.21. The predicted molar refractivity (Wildman–Crippen MR) is 91.8 cm³/mol. The van der Waals surface area contributed by atoms with Crippen molar-refractivity contribution in [3.8, 4) is 0 Å². The van der Waals surface area contributed by atoms with Gasteiger partial charge in [-0.2, -0.15) is 0 Å². The highest BCUT2D eigenvalue weighted by Gasteiger charge is 2.30. The number of hydrogen-bond acceptors (Lipinski definition) is 3. The average molecular weight is 373 g/mol. The molecule has 0 saturated heterocycles. The standard InChI is InChI=1S/C14H14F2NO3P.C3H8O/c15-12-7-5-10(6-8-12)14(21(18,19)20)17-9-11-3-1-2-4-13(11)16;1-3(2)4/h1-8,14,17H,9H2,(H2,18,19,20);3-4H,1-2H3. The summed E-state index contributed by atoms with van der Waals surface area (Å²) in [5.74, 6) is -2.29. The molecule has 0 aliphatic heterocycles. The summed E-state index contributed by atoms with van der Waals surface area (Å²) < 4.78 is 38.0. The van der Waals surface area contributed by atoms with E-state index in [2.05, 4.69) is 5.32 Å². The normalized spacial score (nSPS) is 12.5. The summed E-state index contributed by atoms with van der Waals surface area (Å²) in [6.07, 6.45) is -0.167. The molecule has 2 aromatic rings. The van der Waals surface area contributed by atoms with E-state index >= 15 is 0 Å². The van der Waals surface area contributed by atoms with Crippen LogP contribution in [0.3, 0.4) is 0 Å². The van der Waals surface area contributed by atoms with Gasteiger partial charge in [-0.1, -0.05) is 30.3 Å². The fourth-order valence-electron chi connectivity index (χ4n) is 1.92. The maximum atomic E-state index is 13.5. The molecule has 8 heteroatoms. The van der Waals surface area contributed by atoms with Crippen LogP contribution in [0.25, 0.3) is 0 Å². The average Bonchev–Trinajstić information content (AvgIpc) is 2.49. The molecule has 0 aromatic heterocycles. The van der Waals surface area contributed by atoms with Gasteiger partial charge in [0.1, 0.15) is 17.4 Å². The summed E-state index contributed by atoms with van der Waals surface area (Å²) in [4.78, 5) is 18.8. The SMILES string of the molecule is CC(C)O.O=P(O)(O)C(NCc1ccccc1F)c1ccc(F)cc1. The van der Waals surface area contributed by atoms with Crippen molar-refractivity contribution in [2.75, 3.05) is 0 Å². The summed E-state index contributed by atoms with van der Waals surface area (Å²) in [6.45, 7) is 3.39. The fourth-order valence-corrected chi connectivity index (χ4v) is 2.81. The molecular formula is C17H22F2NO4P. The Labute approximate surface area is 145 Å². The summed E-state index contributed by atoms with van der Waals surface area (Å²) in [6, 6.07) is 10.7. The van der Waals surface area contributed by atoms with Crippen molar-refractivity contribution in [3.63, 3.8) is 0 Å². The number of benzene rings is 2. The maximum absolute atomic E-state index is 13.5. The molecule has 4 N–H and O–H groups in total. The second-order valence-corrected chi connectivity index (χ2v) is 7.30. The lowest BCUT2D eigenvalue weighted by atomic mass is 10.2. The van der Waals surface area contributed by atoms with E-state index in [-0.39, 0.29) is 23.8 Å². The summed E-state index contributed by atoms with van der Waals surface area (Å²) in [7, 11) is -4.52. The van der Waals surface area contributed by atoms with Gasteiger partial charge in [0.2, 0.25) is 0 Å². The Morgan fingerprint density at radius 3 is 2.04 bits per heavy atom. The number of hydrogen-bond donors (Lipinski definition) is 4. The lowest BCUT2D eigenvalue weighted by Gasteiger charge is -2.20. The first-order valence-electron chi connectivity index (χ1n) is 7.56. The number of aliphatic hydroxyl groups excluding tert-OH is 1. The first kappa shape index (κ1) is 21.4.